The minimum Gasteiger partial charge on any atom is -0.308 e. The molecule has 0 amide bonds. The van der Waals surface area contributed by atoms with E-state index >= 15 is 0 Å². The van der Waals surface area contributed by atoms with Gasteiger partial charge >= 0.3 is 0 Å². The fraction of sp³-hybridized carbons (Fsp3) is 0.385. The van der Waals surface area contributed by atoms with Crippen LogP contribution in [0, 0.1) is 0 Å². The van der Waals surface area contributed by atoms with Crippen molar-refractivity contribution < 1.29 is 0 Å². The first-order valence-corrected chi connectivity index (χ1v) is 7.88. The smallest absolute Gasteiger partial charge is 0.0777 e. The van der Waals surface area contributed by atoms with Crippen molar-refractivity contribution in [2.24, 2.45) is 0 Å². The molecule has 4 heteroatoms. The lowest BCUT2D eigenvalue weighted by Crippen LogP contribution is -2.15. The van der Waals surface area contributed by atoms with Gasteiger partial charge in [0.25, 0.3) is 0 Å². The van der Waals surface area contributed by atoms with Crippen molar-refractivity contribution in [3.63, 3.8) is 0 Å². The van der Waals surface area contributed by atoms with E-state index in [1.165, 1.54) is 29.0 Å². The molecular weight excluding hydrogens is 270 g/mol. The molecule has 17 heavy (non-hydrogen) atoms. The van der Waals surface area contributed by atoms with E-state index in [9.17, 15) is 0 Å². The number of hydrogen-bond donors (Lipinski definition) is 1. The highest BCUT2D eigenvalue weighted by Gasteiger charge is 2.22. The highest BCUT2D eigenvalue weighted by Crippen LogP contribution is 2.39. The molecule has 1 unspecified atom stereocenters. The molecule has 1 atom stereocenters. The molecule has 1 nitrogen and oxygen atoms in total. The van der Waals surface area contributed by atoms with Gasteiger partial charge in [-0.1, -0.05) is 11.6 Å². The molecule has 2 aromatic heterocycles. The number of fused-ring (bicyclic) bond motifs is 1. The van der Waals surface area contributed by atoms with Gasteiger partial charge in [-0.2, -0.15) is 0 Å². The first-order chi connectivity index (χ1) is 8.29. The Bertz CT molecular complexity index is 508. The Balaban J connectivity index is 1.97. The van der Waals surface area contributed by atoms with Gasteiger partial charge < -0.3 is 5.32 Å². The summed E-state index contributed by atoms with van der Waals surface area (Å²) in [7, 11) is 2.01. The van der Waals surface area contributed by atoms with E-state index in [2.05, 4.69) is 16.8 Å². The van der Waals surface area contributed by atoms with Crippen LogP contribution in [-0.4, -0.2) is 7.05 Å². The highest BCUT2D eigenvalue weighted by atomic mass is 35.5. The summed E-state index contributed by atoms with van der Waals surface area (Å²) in [5.41, 5.74) is 1.55. The van der Waals surface area contributed by atoms with E-state index in [1.807, 2.05) is 24.5 Å². The highest BCUT2D eigenvalue weighted by molar-refractivity contribution is 7.13. The molecule has 0 spiro atoms. The molecule has 0 aromatic carbocycles. The van der Waals surface area contributed by atoms with Gasteiger partial charge in [0.2, 0.25) is 0 Å². The number of thiophene rings is 2. The van der Waals surface area contributed by atoms with E-state index in [-0.39, 0.29) is 6.04 Å². The number of nitrogens with one attached hydrogen (secondary N) is 1. The third kappa shape index (κ3) is 2.06. The number of halogens is 1. The van der Waals surface area contributed by atoms with E-state index < -0.39 is 0 Å². The summed E-state index contributed by atoms with van der Waals surface area (Å²) >= 11 is 9.91. The summed E-state index contributed by atoms with van der Waals surface area (Å²) in [5, 5.41) is 6.32. The van der Waals surface area contributed by atoms with Crippen molar-refractivity contribution in [1.82, 2.24) is 5.32 Å². The zero-order valence-corrected chi connectivity index (χ0v) is 12.0. The Morgan fingerprint density at radius 1 is 1.41 bits per heavy atom. The first kappa shape index (κ1) is 11.7. The predicted molar refractivity (Wildman–Crippen MR) is 76.6 cm³/mol. The fourth-order valence-corrected chi connectivity index (χ4v) is 5.15. The second-order valence-corrected chi connectivity index (χ2v) is 6.83. The monoisotopic (exact) mass is 283 g/mol. The van der Waals surface area contributed by atoms with E-state index in [1.54, 1.807) is 21.8 Å². The van der Waals surface area contributed by atoms with Gasteiger partial charge in [-0.25, -0.2) is 0 Å². The van der Waals surface area contributed by atoms with E-state index in [0.29, 0.717) is 0 Å². The van der Waals surface area contributed by atoms with Crippen LogP contribution in [0.1, 0.15) is 32.7 Å². The average molecular weight is 284 g/mol. The van der Waals surface area contributed by atoms with Crippen molar-refractivity contribution in [2.45, 2.75) is 25.3 Å². The molecule has 2 aromatic rings. The summed E-state index contributed by atoms with van der Waals surface area (Å²) in [4.78, 5) is 4.21. The van der Waals surface area contributed by atoms with Crippen LogP contribution in [0.2, 0.25) is 5.02 Å². The molecule has 1 aliphatic rings. The molecule has 90 valence electrons. The lowest BCUT2D eigenvalue weighted by Gasteiger charge is -2.13. The van der Waals surface area contributed by atoms with Crippen molar-refractivity contribution in [2.75, 3.05) is 7.05 Å². The lowest BCUT2D eigenvalue weighted by atomic mass is 10.1. The van der Waals surface area contributed by atoms with Gasteiger partial charge in [0.1, 0.15) is 0 Å². The van der Waals surface area contributed by atoms with Crippen LogP contribution in [0.25, 0.3) is 0 Å². The molecule has 1 aliphatic carbocycles. The van der Waals surface area contributed by atoms with Gasteiger partial charge in [0.15, 0.2) is 0 Å². The topological polar surface area (TPSA) is 12.0 Å². The zero-order chi connectivity index (χ0) is 11.8. The van der Waals surface area contributed by atoms with Gasteiger partial charge in [-0.05, 0) is 49.4 Å². The van der Waals surface area contributed by atoms with Gasteiger partial charge in [-0.3, -0.25) is 0 Å². The molecule has 3 rings (SSSR count). The molecule has 0 fully saturated rings. The molecule has 0 aliphatic heterocycles. The third-order valence-corrected chi connectivity index (χ3v) is 5.97. The zero-order valence-electron chi connectivity index (χ0n) is 9.63. The predicted octanol–water partition coefficient (Wildman–Crippen LogP) is 4.26. The maximum atomic E-state index is 6.23. The Morgan fingerprint density at radius 3 is 2.94 bits per heavy atom. The summed E-state index contributed by atoms with van der Waals surface area (Å²) in [6.07, 6.45) is 3.83. The normalized spacial score (nSPS) is 16.1. The number of rotatable bonds is 3. The van der Waals surface area contributed by atoms with E-state index in [0.717, 1.165) is 5.02 Å². The molecule has 1 N–H and O–H groups in total. The second-order valence-electron chi connectivity index (χ2n) is 4.31. The maximum absolute atomic E-state index is 6.23. The standard InChI is InChI=1S/C13H14ClNS2/c1-15-12(13-9(14)5-6-16-13)11-7-8-3-2-4-10(8)17-11/h5-7,12,15H,2-4H2,1H3. The van der Waals surface area contributed by atoms with Crippen LogP contribution < -0.4 is 5.32 Å². The van der Waals surface area contributed by atoms with Gasteiger partial charge in [0, 0.05) is 14.6 Å². The molecule has 2 heterocycles. The van der Waals surface area contributed by atoms with Crippen LogP contribution in [0.5, 0.6) is 0 Å². The van der Waals surface area contributed by atoms with Crippen molar-refractivity contribution in [3.8, 4) is 0 Å². The van der Waals surface area contributed by atoms with Crippen LogP contribution in [-0.2, 0) is 12.8 Å². The summed E-state index contributed by atoms with van der Waals surface area (Å²) < 4.78 is 0. The number of hydrogen-bond acceptors (Lipinski definition) is 3. The third-order valence-electron chi connectivity index (χ3n) is 3.25. The average Bonchev–Trinajstić information content (AvgIpc) is 2.96. The molecule has 0 saturated heterocycles. The Morgan fingerprint density at radius 2 is 2.29 bits per heavy atom. The molecule has 0 bridgehead atoms. The van der Waals surface area contributed by atoms with Crippen molar-refractivity contribution in [1.29, 1.82) is 0 Å². The number of aryl methyl sites for hydroxylation is 2. The van der Waals surface area contributed by atoms with Crippen LogP contribution >= 0.6 is 34.3 Å². The quantitative estimate of drug-likeness (QED) is 0.887. The Kier molecular flexibility index (Phi) is 3.26. The fourth-order valence-electron chi connectivity index (χ4n) is 2.41. The molecule has 0 radical (unpaired) electrons. The summed E-state index contributed by atoms with van der Waals surface area (Å²) in [6.45, 7) is 0. The Labute approximate surface area is 114 Å². The van der Waals surface area contributed by atoms with Crippen LogP contribution in [0.3, 0.4) is 0 Å². The SMILES string of the molecule is CNC(c1cc2c(s1)CCC2)c1sccc1Cl. The van der Waals surface area contributed by atoms with Crippen molar-refractivity contribution in [3.05, 3.63) is 42.7 Å². The van der Waals surface area contributed by atoms with Crippen LogP contribution in [0.15, 0.2) is 17.5 Å². The van der Waals surface area contributed by atoms with E-state index in [4.69, 9.17) is 11.6 Å². The van der Waals surface area contributed by atoms with Crippen molar-refractivity contribution >= 4 is 34.3 Å². The van der Waals surface area contributed by atoms with Gasteiger partial charge in [0.05, 0.1) is 11.1 Å². The summed E-state index contributed by atoms with van der Waals surface area (Å²) in [6, 6.07) is 4.61. The van der Waals surface area contributed by atoms with Crippen LogP contribution in [0.4, 0.5) is 0 Å². The maximum Gasteiger partial charge on any atom is 0.0777 e. The first-order valence-electron chi connectivity index (χ1n) is 5.81. The largest absolute Gasteiger partial charge is 0.308 e. The van der Waals surface area contributed by atoms with Gasteiger partial charge in [-0.15, -0.1) is 22.7 Å². The Hall–Kier alpha value is -0.350. The minimum absolute atomic E-state index is 0.262. The summed E-state index contributed by atoms with van der Waals surface area (Å²) in [5.74, 6) is 0. The minimum atomic E-state index is 0.262. The lowest BCUT2D eigenvalue weighted by molar-refractivity contribution is 0.715. The molecular formula is C13H14ClNS2. The second kappa shape index (κ2) is 4.73. The molecule has 0 saturated carbocycles.